The monoisotopic (exact) mass is 465 g/mol. The fourth-order valence-electron chi connectivity index (χ4n) is 3.83. The van der Waals surface area contributed by atoms with E-state index in [1.807, 2.05) is 30.3 Å². The van der Waals surface area contributed by atoms with E-state index in [-0.39, 0.29) is 29.8 Å². The van der Waals surface area contributed by atoms with Crippen LogP contribution in [-0.4, -0.2) is 49.0 Å². The van der Waals surface area contributed by atoms with Crippen LogP contribution in [0.5, 0.6) is 5.75 Å². The first-order chi connectivity index (χ1) is 15.9. The van der Waals surface area contributed by atoms with Crippen molar-refractivity contribution in [3.8, 4) is 23.1 Å². The molecular formula is C23H23N5O4S. The lowest BCUT2D eigenvalue weighted by atomic mass is 9.97. The second kappa shape index (κ2) is 9.44. The first kappa shape index (κ1) is 22.5. The van der Waals surface area contributed by atoms with Gasteiger partial charge in [-0.1, -0.05) is 12.1 Å². The fraction of sp³-hybridized carbons (Fsp3) is 0.261. The summed E-state index contributed by atoms with van der Waals surface area (Å²) in [5.74, 6) is 0.579. The SMILES string of the molecule is COc1ccccc1-c1cc(NC(=O)C2CCN(S(=O)(=O)c3ccc(C#N)cc3)CC2)n[nH]1. The predicted octanol–water partition coefficient (Wildman–Crippen LogP) is 3.00. The summed E-state index contributed by atoms with van der Waals surface area (Å²) in [5, 5.41) is 18.8. The van der Waals surface area contributed by atoms with Gasteiger partial charge >= 0.3 is 0 Å². The number of methoxy groups -OCH3 is 1. The minimum absolute atomic E-state index is 0.143. The van der Waals surface area contributed by atoms with Crippen LogP contribution in [-0.2, 0) is 14.8 Å². The number of nitrogens with zero attached hydrogens (tertiary/aromatic N) is 3. The van der Waals surface area contributed by atoms with E-state index in [0.29, 0.717) is 35.7 Å². The number of anilines is 1. The molecule has 1 fully saturated rings. The van der Waals surface area contributed by atoms with E-state index in [1.165, 1.54) is 28.6 Å². The van der Waals surface area contributed by atoms with Crippen LogP contribution in [0.1, 0.15) is 18.4 Å². The number of ether oxygens (including phenoxy) is 1. The number of aromatic amines is 1. The van der Waals surface area contributed by atoms with Gasteiger partial charge in [0.1, 0.15) is 5.75 Å². The summed E-state index contributed by atoms with van der Waals surface area (Å²) in [6, 6.07) is 17.0. The highest BCUT2D eigenvalue weighted by atomic mass is 32.2. The lowest BCUT2D eigenvalue weighted by molar-refractivity contribution is -0.120. The average molecular weight is 466 g/mol. The third-order valence-electron chi connectivity index (χ3n) is 5.67. The molecule has 1 amide bonds. The number of hydrogen-bond acceptors (Lipinski definition) is 6. The van der Waals surface area contributed by atoms with Crippen molar-refractivity contribution in [1.29, 1.82) is 5.26 Å². The maximum Gasteiger partial charge on any atom is 0.243 e. The van der Waals surface area contributed by atoms with Gasteiger partial charge in [-0.2, -0.15) is 14.7 Å². The molecule has 0 spiro atoms. The summed E-state index contributed by atoms with van der Waals surface area (Å²) in [4.78, 5) is 12.9. The van der Waals surface area contributed by atoms with Crippen molar-refractivity contribution in [2.24, 2.45) is 5.92 Å². The average Bonchev–Trinajstić information content (AvgIpc) is 3.32. The van der Waals surface area contributed by atoms with E-state index < -0.39 is 10.0 Å². The number of nitrogens with one attached hydrogen (secondary N) is 2. The molecule has 1 aliphatic heterocycles. The highest BCUT2D eigenvalue weighted by Gasteiger charge is 2.32. The van der Waals surface area contributed by atoms with Gasteiger partial charge in [0.2, 0.25) is 15.9 Å². The van der Waals surface area contributed by atoms with Crippen molar-refractivity contribution >= 4 is 21.7 Å². The molecule has 0 unspecified atom stereocenters. The molecule has 170 valence electrons. The standard InChI is InChI=1S/C23H23N5O4S/c1-32-21-5-3-2-4-19(21)20-14-22(27-26-20)25-23(29)17-10-12-28(13-11-17)33(30,31)18-8-6-16(15-24)7-9-18/h2-9,14,17H,10-13H2,1H3,(H2,25,26,27,29). The zero-order valence-corrected chi connectivity index (χ0v) is 18.8. The number of H-pyrrole nitrogens is 1. The zero-order valence-electron chi connectivity index (χ0n) is 18.0. The van der Waals surface area contributed by atoms with Crippen LogP contribution in [0.4, 0.5) is 5.82 Å². The zero-order chi connectivity index (χ0) is 23.4. The predicted molar refractivity (Wildman–Crippen MR) is 122 cm³/mol. The van der Waals surface area contributed by atoms with Crippen LogP contribution in [0.2, 0.25) is 0 Å². The van der Waals surface area contributed by atoms with Gasteiger partial charge in [0.05, 0.1) is 29.3 Å². The number of nitriles is 1. The summed E-state index contributed by atoms with van der Waals surface area (Å²) in [6.45, 7) is 0.487. The number of hydrogen-bond donors (Lipinski definition) is 2. The van der Waals surface area contributed by atoms with Crippen molar-refractivity contribution in [2.75, 3.05) is 25.5 Å². The number of rotatable bonds is 6. The molecule has 2 aromatic carbocycles. The van der Waals surface area contributed by atoms with Crippen LogP contribution >= 0.6 is 0 Å². The molecule has 9 nitrogen and oxygen atoms in total. The van der Waals surface area contributed by atoms with Crippen molar-refractivity contribution in [1.82, 2.24) is 14.5 Å². The molecule has 2 N–H and O–H groups in total. The Morgan fingerprint density at radius 1 is 1.18 bits per heavy atom. The summed E-state index contributed by atoms with van der Waals surface area (Å²) in [7, 11) is -2.08. The number of amides is 1. The first-order valence-electron chi connectivity index (χ1n) is 10.4. The topological polar surface area (TPSA) is 128 Å². The van der Waals surface area contributed by atoms with Crippen LogP contribution in [0, 0.1) is 17.2 Å². The van der Waals surface area contributed by atoms with Crippen LogP contribution in [0.3, 0.4) is 0 Å². The number of benzene rings is 2. The molecule has 2 heterocycles. The number of aromatic nitrogens is 2. The third-order valence-corrected chi connectivity index (χ3v) is 7.59. The molecule has 1 aromatic heterocycles. The number of piperidine rings is 1. The molecule has 10 heteroatoms. The van der Waals surface area contributed by atoms with Crippen molar-refractivity contribution < 1.29 is 17.9 Å². The smallest absolute Gasteiger partial charge is 0.243 e. The van der Waals surface area contributed by atoms with Crippen molar-refractivity contribution in [2.45, 2.75) is 17.7 Å². The molecule has 0 aliphatic carbocycles. The second-order valence-electron chi connectivity index (χ2n) is 7.67. The minimum atomic E-state index is -3.67. The van der Waals surface area contributed by atoms with E-state index >= 15 is 0 Å². The van der Waals surface area contributed by atoms with Gasteiger partial charge in [0, 0.05) is 30.6 Å². The van der Waals surface area contributed by atoms with Gasteiger partial charge in [0.25, 0.3) is 0 Å². The maximum atomic E-state index is 12.9. The number of sulfonamides is 1. The normalized spacial score (nSPS) is 15.0. The molecule has 0 saturated carbocycles. The van der Waals surface area contributed by atoms with Crippen LogP contribution in [0.25, 0.3) is 11.3 Å². The quantitative estimate of drug-likeness (QED) is 0.576. The summed E-state index contributed by atoms with van der Waals surface area (Å²) >= 11 is 0. The van der Waals surface area contributed by atoms with Crippen molar-refractivity contribution in [3.63, 3.8) is 0 Å². The number of carbonyl (C=O) groups excluding carboxylic acids is 1. The molecule has 0 radical (unpaired) electrons. The van der Waals surface area contributed by atoms with Gasteiger partial charge in [-0.25, -0.2) is 8.42 Å². The molecule has 1 aliphatic rings. The Morgan fingerprint density at radius 2 is 1.88 bits per heavy atom. The van der Waals surface area contributed by atoms with Crippen LogP contribution < -0.4 is 10.1 Å². The van der Waals surface area contributed by atoms with Gasteiger partial charge in [-0.05, 0) is 49.2 Å². The Kier molecular flexibility index (Phi) is 6.44. The van der Waals surface area contributed by atoms with Crippen molar-refractivity contribution in [3.05, 3.63) is 60.2 Å². The van der Waals surface area contributed by atoms with E-state index in [0.717, 1.165) is 5.56 Å². The third kappa shape index (κ3) is 4.74. The maximum absolute atomic E-state index is 12.9. The molecule has 0 atom stereocenters. The molecule has 0 bridgehead atoms. The summed E-state index contributed by atoms with van der Waals surface area (Å²) in [6.07, 6.45) is 0.816. The highest BCUT2D eigenvalue weighted by Crippen LogP contribution is 2.30. The van der Waals surface area contributed by atoms with E-state index in [1.54, 1.807) is 13.2 Å². The Labute approximate surface area is 192 Å². The minimum Gasteiger partial charge on any atom is -0.496 e. The van der Waals surface area contributed by atoms with E-state index in [4.69, 9.17) is 10.00 Å². The second-order valence-corrected chi connectivity index (χ2v) is 9.61. The first-order valence-corrected chi connectivity index (χ1v) is 11.9. The van der Waals surface area contributed by atoms with Gasteiger partial charge < -0.3 is 10.1 Å². The van der Waals surface area contributed by atoms with E-state index in [2.05, 4.69) is 15.5 Å². The molecule has 33 heavy (non-hydrogen) atoms. The fourth-order valence-corrected chi connectivity index (χ4v) is 5.30. The lowest BCUT2D eigenvalue weighted by Gasteiger charge is -2.30. The Bertz CT molecular complexity index is 1290. The highest BCUT2D eigenvalue weighted by molar-refractivity contribution is 7.89. The molecule has 4 rings (SSSR count). The van der Waals surface area contributed by atoms with Gasteiger partial charge in [-0.3, -0.25) is 9.89 Å². The summed E-state index contributed by atoms with van der Waals surface area (Å²) in [5.41, 5.74) is 1.94. The molecule has 1 saturated heterocycles. The van der Waals surface area contributed by atoms with E-state index in [9.17, 15) is 13.2 Å². The van der Waals surface area contributed by atoms with Gasteiger partial charge in [-0.15, -0.1) is 0 Å². The van der Waals surface area contributed by atoms with Gasteiger partial charge in [0.15, 0.2) is 5.82 Å². The Balaban J connectivity index is 1.37. The Morgan fingerprint density at radius 3 is 2.55 bits per heavy atom. The largest absolute Gasteiger partial charge is 0.496 e. The lowest BCUT2D eigenvalue weighted by Crippen LogP contribution is -2.41. The Hall–Kier alpha value is -3.68. The summed E-state index contributed by atoms with van der Waals surface area (Å²) < 4.78 is 32.5. The molecular weight excluding hydrogens is 442 g/mol. The number of carbonyl (C=O) groups is 1. The number of para-hydroxylation sites is 1. The molecule has 3 aromatic rings. The van der Waals surface area contributed by atoms with Crippen LogP contribution in [0.15, 0.2) is 59.5 Å².